The van der Waals surface area contributed by atoms with E-state index in [4.69, 9.17) is 18.9 Å². The third kappa shape index (κ3) is 5.27. The van der Waals surface area contributed by atoms with Crippen LogP contribution in [0.25, 0.3) is 6.08 Å². The molecule has 0 spiro atoms. The normalized spacial score (nSPS) is 25.1. The van der Waals surface area contributed by atoms with E-state index >= 15 is 0 Å². The minimum Gasteiger partial charge on any atom is -0.507 e. The molecule has 0 amide bonds. The number of carbonyl (C=O) groups is 1. The minimum absolute atomic E-state index is 0.129. The van der Waals surface area contributed by atoms with E-state index in [2.05, 4.69) is 0 Å². The van der Waals surface area contributed by atoms with Gasteiger partial charge in [-0.2, -0.15) is 0 Å². The van der Waals surface area contributed by atoms with Crippen LogP contribution >= 0.6 is 0 Å². The molecule has 2 aromatic carbocycles. The van der Waals surface area contributed by atoms with E-state index in [0.717, 1.165) is 0 Å². The second kappa shape index (κ2) is 10.6. The number of benzene rings is 2. The second-order valence-electron chi connectivity index (χ2n) is 7.27. The van der Waals surface area contributed by atoms with Gasteiger partial charge in [0, 0.05) is 11.6 Å². The lowest BCUT2D eigenvalue weighted by Crippen LogP contribution is -2.60. The molecule has 0 radical (unpaired) electrons. The molecule has 10 nitrogen and oxygen atoms in total. The summed E-state index contributed by atoms with van der Waals surface area (Å²) < 4.78 is 21.3. The van der Waals surface area contributed by atoms with Crippen LogP contribution in [0.4, 0.5) is 0 Å². The van der Waals surface area contributed by atoms with Crippen molar-refractivity contribution in [1.82, 2.24) is 0 Å². The highest BCUT2D eigenvalue weighted by Gasteiger charge is 2.45. The van der Waals surface area contributed by atoms with Crippen molar-refractivity contribution in [3.8, 4) is 23.0 Å². The number of rotatable bonds is 8. The van der Waals surface area contributed by atoms with Gasteiger partial charge in [-0.25, -0.2) is 0 Å². The topological polar surface area (TPSA) is 155 Å². The zero-order valence-electron chi connectivity index (χ0n) is 18.0. The Labute approximate surface area is 189 Å². The van der Waals surface area contributed by atoms with Crippen LogP contribution in [0.3, 0.4) is 0 Å². The Hall–Kier alpha value is -3.15. The van der Waals surface area contributed by atoms with E-state index in [-0.39, 0.29) is 17.1 Å². The van der Waals surface area contributed by atoms with Gasteiger partial charge in [0.2, 0.25) is 6.29 Å². The smallest absolute Gasteiger partial charge is 0.229 e. The quantitative estimate of drug-likeness (QED) is 0.276. The molecule has 2 aromatic rings. The summed E-state index contributed by atoms with van der Waals surface area (Å²) in [6.07, 6.45) is -4.89. The van der Waals surface area contributed by atoms with Crippen LogP contribution in [0.1, 0.15) is 15.9 Å². The lowest BCUT2D eigenvalue weighted by molar-refractivity contribution is -0.277. The number of allylic oxidation sites excluding steroid dienone is 1. The predicted octanol–water partition coefficient (Wildman–Crippen LogP) is 0.484. The van der Waals surface area contributed by atoms with E-state index in [0.29, 0.717) is 17.1 Å². The van der Waals surface area contributed by atoms with Crippen molar-refractivity contribution >= 4 is 11.9 Å². The third-order valence-electron chi connectivity index (χ3n) is 5.20. The van der Waals surface area contributed by atoms with Gasteiger partial charge in [0.1, 0.15) is 53.0 Å². The van der Waals surface area contributed by atoms with Crippen LogP contribution in [0.5, 0.6) is 23.0 Å². The van der Waals surface area contributed by atoms with Crippen LogP contribution in [0.2, 0.25) is 0 Å². The number of hydrogen-bond acceptors (Lipinski definition) is 10. The zero-order valence-corrected chi connectivity index (χ0v) is 18.0. The summed E-state index contributed by atoms with van der Waals surface area (Å²) in [5.74, 6) is -0.0885. The molecule has 0 aliphatic carbocycles. The maximum Gasteiger partial charge on any atom is 0.229 e. The summed E-state index contributed by atoms with van der Waals surface area (Å²) in [6.45, 7) is -0.636. The maximum absolute atomic E-state index is 12.9. The number of phenols is 1. The number of ether oxygens (including phenoxy) is 4. The number of phenolic OH excluding ortho intramolecular Hbond substituents is 1. The summed E-state index contributed by atoms with van der Waals surface area (Å²) >= 11 is 0. The molecule has 33 heavy (non-hydrogen) atoms. The van der Waals surface area contributed by atoms with Crippen molar-refractivity contribution in [2.75, 3.05) is 20.8 Å². The molecule has 5 N–H and O–H groups in total. The van der Waals surface area contributed by atoms with E-state index in [1.54, 1.807) is 18.2 Å². The molecule has 1 fully saturated rings. The lowest BCUT2D eigenvalue weighted by Gasteiger charge is -2.39. The molecule has 178 valence electrons. The van der Waals surface area contributed by atoms with Gasteiger partial charge in [-0.3, -0.25) is 4.79 Å². The Morgan fingerprint density at radius 3 is 2.45 bits per heavy atom. The highest BCUT2D eigenvalue weighted by Crippen LogP contribution is 2.32. The van der Waals surface area contributed by atoms with Crippen LogP contribution in [0, 0.1) is 0 Å². The largest absolute Gasteiger partial charge is 0.507 e. The fraction of sp³-hybridized carbons (Fsp3) is 0.348. The number of carbonyl (C=O) groups excluding carboxylic acids is 1. The zero-order chi connectivity index (χ0) is 24.1. The summed E-state index contributed by atoms with van der Waals surface area (Å²) in [4.78, 5) is 12.9. The molecule has 1 aliphatic rings. The van der Waals surface area contributed by atoms with Gasteiger partial charge in [-0.15, -0.1) is 0 Å². The molecule has 3 rings (SSSR count). The summed E-state index contributed by atoms with van der Waals surface area (Å²) in [7, 11) is 2.99. The number of ketones is 1. The number of aliphatic hydroxyl groups excluding tert-OH is 4. The molecule has 5 atom stereocenters. The number of hydrogen-bond donors (Lipinski definition) is 5. The van der Waals surface area contributed by atoms with Gasteiger partial charge in [-0.1, -0.05) is 6.07 Å². The van der Waals surface area contributed by atoms with Crippen LogP contribution in [-0.2, 0) is 4.74 Å². The fourth-order valence-corrected chi connectivity index (χ4v) is 3.36. The highest BCUT2D eigenvalue weighted by molar-refractivity contribution is 6.10. The molecular formula is C23H26O10. The molecule has 0 bridgehead atoms. The van der Waals surface area contributed by atoms with Gasteiger partial charge >= 0.3 is 0 Å². The first kappa shape index (κ1) is 24.5. The van der Waals surface area contributed by atoms with Gasteiger partial charge in [0.15, 0.2) is 5.78 Å². The molecule has 0 saturated carbocycles. The lowest BCUT2D eigenvalue weighted by atomic mass is 9.99. The van der Waals surface area contributed by atoms with Gasteiger partial charge in [0.25, 0.3) is 0 Å². The first-order valence-electron chi connectivity index (χ1n) is 10.0. The molecule has 10 heteroatoms. The Morgan fingerprint density at radius 1 is 1.03 bits per heavy atom. The Balaban J connectivity index is 1.86. The van der Waals surface area contributed by atoms with Gasteiger partial charge in [0.05, 0.1) is 20.8 Å². The van der Waals surface area contributed by atoms with Gasteiger partial charge < -0.3 is 44.5 Å². The molecular weight excluding hydrogens is 436 g/mol. The predicted molar refractivity (Wildman–Crippen MR) is 115 cm³/mol. The van der Waals surface area contributed by atoms with Crippen molar-refractivity contribution in [3.63, 3.8) is 0 Å². The van der Waals surface area contributed by atoms with Crippen molar-refractivity contribution in [3.05, 3.63) is 53.6 Å². The summed E-state index contributed by atoms with van der Waals surface area (Å²) in [6, 6.07) is 9.11. The molecule has 1 heterocycles. The number of methoxy groups -OCH3 is 2. The molecule has 1 saturated heterocycles. The van der Waals surface area contributed by atoms with E-state index in [9.17, 15) is 30.3 Å². The fourth-order valence-electron chi connectivity index (χ4n) is 3.36. The first-order valence-corrected chi connectivity index (χ1v) is 10.0. The van der Waals surface area contributed by atoms with Crippen LogP contribution < -0.4 is 14.2 Å². The monoisotopic (exact) mass is 462 g/mol. The maximum atomic E-state index is 12.9. The minimum atomic E-state index is -1.67. The van der Waals surface area contributed by atoms with Crippen LogP contribution in [-0.4, -0.2) is 82.8 Å². The van der Waals surface area contributed by atoms with Crippen molar-refractivity contribution in [2.45, 2.75) is 30.7 Å². The van der Waals surface area contributed by atoms with E-state index in [1.165, 1.54) is 44.6 Å². The van der Waals surface area contributed by atoms with Crippen molar-refractivity contribution in [2.24, 2.45) is 0 Å². The first-order chi connectivity index (χ1) is 15.8. The molecule has 1 aliphatic heterocycles. The average Bonchev–Trinajstić information content (AvgIpc) is 2.82. The standard InChI is InChI=1S/C23H26O10/c1-30-13-8-6-12(17(10-13)31-2)7-9-15(26)19-14(25)4-3-5-16(19)32-23-22(29)21(28)20(27)18(11-24)33-23/h3-10,18,20-25,27-29H,11H2,1-2H3/b9-7+/t18-,20-,21+,22-,23-/m1/s1. The van der Waals surface area contributed by atoms with Crippen molar-refractivity contribution in [1.29, 1.82) is 0 Å². The van der Waals surface area contributed by atoms with Gasteiger partial charge in [-0.05, 0) is 36.4 Å². The molecule has 0 aromatic heterocycles. The number of aliphatic hydroxyl groups is 4. The summed E-state index contributed by atoms with van der Waals surface area (Å²) in [5.41, 5.74) is 0.372. The Morgan fingerprint density at radius 2 is 1.79 bits per heavy atom. The number of aromatic hydroxyl groups is 1. The Bertz CT molecular complexity index is 1000. The highest BCUT2D eigenvalue weighted by atomic mass is 16.7. The third-order valence-corrected chi connectivity index (χ3v) is 5.20. The van der Waals surface area contributed by atoms with Crippen molar-refractivity contribution < 1.29 is 49.3 Å². The SMILES string of the molecule is COc1ccc(/C=C/C(=O)c2c(O)cccc2O[C@@H]2O[C@H](CO)[C@@H](O)[C@H](O)[C@H]2O)c(OC)c1. The second-order valence-corrected chi connectivity index (χ2v) is 7.27. The van der Waals surface area contributed by atoms with E-state index in [1.807, 2.05) is 0 Å². The average molecular weight is 462 g/mol. The van der Waals surface area contributed by atoms with Crippen LogP contribution in [0.15, 0.2) is 42.5 Å². The Kier molecular flexibility index (Phi) is 7.90. The summed E-state index contributed by atoms with van der Waals surface area (Å²) in [5, 5.41) is 49.7. The molecule has 0 unspecified atom stereocenters. The van der Waals surface area contributed by atoms with E-state index < -0.39 is 43.1 Å².